The number of ether oxygens (including phenoxy) is 1. The number of methoxy groups -OCH3 is 1. The van der Waals surface area contributed by atoms with Crippen LogP contribution < -0.4 is 20.7 Å². The Hall–Kier alpha value is -3.02. The van der Waals surface area contributed by atoms with E-state index < -0.39 is 0 Å². The minimum Gasteiger partial charge on any atom is -0.497 e. The lowest BCUT2D eigenvalue weighted by molar-refractivity contribution is -0.114. The summed E-state index contributed by atoms with van der Waals surface area (Å²) in [4.78, 5) is 23.2. The summed E-state index contributed by atoms with van der Waals surface area (Å²) in [5.41, 5.74) is 2.90. The number of nitrogens with one attached hydrogen (secondary N) is 3. The third kappa shape index (κ3) is 6.66. The van der Waals surface area contributed by atoms with Crippen LogP contribution in [0.15, 0.2) is 48.5 Å². The van der Waals surface area contributed by atoms with Crippen molar-refractivity contribution in [3.05, 3.63) is 59.7 Å². The van der Waals surface area contributed by atoms with Gasteiger partial charge in [0.25, 0.3) is 0 Å². The molecule has 2 rings (SSSR count). The SMILES string of the molecule is CCC(NC(=O)NCCc1ccc(NC(C)=O)cc1)c1ccc(OC)cc1. The minimum absolute atomic E-state index is 0.0483. The molecule has 0 saturated heterocycles. The first-order valence-electron chi connectivity index (χ1n) is 9.06. The number of urea groups is 1. The van der Waals surface area contributed by atoms with Gasteiger partial charge in [-0.2, -0.15) is 0 Å². The van der Waals surface area contributed by atoms with Gasteiger partial charge in [-0.1, -0.05) is 31.2 Å². The lowest BCUT2D eigenvalue weighted by atomic mass is 10.0. The van der Waals surface area contributed by atoms with E-state index in [1.165, 1.54) is 6.92 Å². The van der Waals surface area contributed by atoms with Gasteiger partial charge in [0.1, 0.15) is 5.75 Å². The number of hydrogen-bond donors (Lipinski definition) is 3. The quantitative estimate of drug-likeness (QED) is 0.664. The second-order valence-electron chi connectivity index (χ2n) is 6.26. The first-order valence-corrected chi connectivity index (χ1v) is 9.06. The van der Waals surface area contributed by atoms with Crippen LogP contribution in [-0.2, 0) is 11.2 Å². The molecule has 2 aromatic carbocycles. The van der Waals surface area contributed by atoms with E-state index in [1.807, 2.05) is 55.5 Å². The van der Waals surface area contributed by atoms with E-state index in [2.05, 4.69) is 16.0 Å². The van der Waals surface area contributed by atoms with Crippen LogP contribution in [0.1, 0.15) is 37.4 Å². The summed E-state index contributed by atoms with van der Waals surface area (Å²) in [5, 5.41) is 8.62. The summed E-state index contributed by atoms with van der Waals surface area (Å²) < 4.78 is 5.16. The molecule has 0 fully saturated rings. The van der Waals surface area contributed by atoms with Crippen LogP contribution in [0.5, 0.6) is 5.75 Å². The predicted octanol–water partition coefficient (Wildman–Crippen LogP) is 3.65. The van der Waals surface area contributed by atoms with E-state index in [4.69, 9.17) is 4.74 Å². The molecule has 0 spiro atoms. The summed E-state index contributed by atoms with van der Waals surface area (Å²) in [6.07, 6.45) is 1.51. The molecule has 3 amide bonds. The molecule has 144 valence electrons. The van der Waals surface area contributed by atoms with E-state index in [-0.39, 0.29) is 18.0 Å². The maximum atomic E-state index is 12.2. The van der Waals surface area contributed by atoms with Gasteiger partial charge in [0.15, 0.2) is 0 Å². The number of benzene rings is 2. The van der Waals surface area contributed by atoms with Gasteiger partial charge in [-0.05, 0) is 48.2 Å². The van der Waals surface area contributed by atoms with Gasteiger partial charge in [-0.15, -0.1) is 0 Å². The van der Waals surface area contributed by atoms with Crippen molar-refractivity contribution in [2.45, 2.75) is 32.7 Å². The number of carbonyl (C=O) groups is 2. The van der Waals surface area contributed by atoms with Gasteiger partial charge < -0.3 is 20.7 Å². The average molecular weight is 369 g/mol. The maximum Gasteiger partial charge on any atom is 0.315 e. The molecule has 0 bridgehead atoms. The smallest absolute Gasteiger partial charge is 0.315 e. The van der Waals surface area contributed by atoms with Crippen molar-refractivity contribution in [1.82, 2.24) is 10.6 Å². The van der Waals surface area contributed by atoms with Crippen molar-refractivity contribution in [3.8, 4) is 5.75 Å². The third-order valence-electron chi connectivity index (χ3n) is 4.21. The highest BCUT2D eigenvalue weighted by molar-refractivity contribution is 5.88. The Kier molecular flexibility index (Phi) is 7.67. The summed E-state index contributed by atoms with van der Waals surface area (Å²) in [6.45, 7) is 4.04. The van der Waals surface area contributed by atoms with Gasteiger partial charge in [0.2, 0.25) is 5.91 Å². The van der Waals surface area contributed by atoms with Crippen molar-refractivity contribution in [2.75, 3.05) is 19.0 Å². The molecule has 0 heterocycles. The monoisotopic (exact) mass is 369 g/mol. The minimum atomic E-state index is -0.187. The van der Waals surface area contributed by atoms with Gasteiger partial charge in [0.05, 0.1) is 13.2 Å². The second kappa shape index (κ2) is 10.2. The molecule has 0 aliphatic rings. The van der Waals surface area contributed by atoms with Crippen molar-refractivity contribution < 1.29 is 14.3 Å². The first kappa shape index (κ1) is 20.3. The molecule has 0 aromatic heterocycles. The van der Waals surface area contributed by atoms with E-state index in [0.29, 0.717) is 13.0 Å². The molecule has 0 saturated carbocycles. The summed E-state index contributed by atoms with van der Waals surface area (Å²) in [7, 11) is 1.63. The molecule has 6 nitrogen and oxygen atoms in total. The molecule has 6 heteroatoms. The van der Waals surface area contributed by atoms with E-state index in [1.54, 1.807) is 7.11 Å². The van der Waals surface area contributed by atoms with Crippen LogP contribution in [0, 0.1) is 0 Å². The molecular weight excluding hydrogens is 342 g/mol. The average Bonchev–Trinajstić information content (AvgIpc) is 2.67. The Morgan fingerprint density at radius 3 is 2.26 bits per heavy atom. The van der Waals surface area contributed by atoms with Crippen molar-refractivity contribution in [1.29, 1.82) is 0 Å². The predicted molar refractivity (Wildman–Crippen MR) is 107 cm³/mol. The number of hydrogen-bond acceptors (Lipinski definition) is 3. The van der Waals surface area contributed by atoms with Crippen LogP contribution in [0.4, 0.5) is 10.5 Å². The molecule has 0 radical (unpaired) electrons. The van der Waals surface area contributed by atoms with Gasteiger partial charge >= 0.3 is 6.03 Å². The van der Waals surface area contributed by atoms with Crippen molar-refractivity contribution in [3.63, 3.8) is 0 Å². The Morgan fingerprint density at radius 1 is 1.04 bits per heavy atom. The van der Waals surface area contributed by atoms with Gasteiger partial charge in [0, 0.05) is 19.2 Å². The first-order chi connectivity index (χ1) is 13.0. The van der Waals surface area contributed by atoms with Crippen molar-refractivity contribution in [2.24, 2.45) is 0 Å². The summed E-state index contributed by atoms with van der Waals surface area (Å²) in [6, 6.07) is 15.1. The molecule has 0 aliphatic carbocycles. The van der Waals surface area contributed by atoms with Crippen LogP contribution in [0.3, 0.4) is 0 Å². The summed E-state index contributed by atoms with van der Waals surface area (Å²) >= 11 is 0. The highest BCUT2D eigenvalue weighted by atomic mass is 16.5. The number of rotatable bonds is 8. The zero-order valence-electron chi connectivity index (χ0n) is 16.0. The Labute approximate surface area is 160 Å². The van der Waals surface area contributed by atoms with Crippen LogP contribution in [0.2, 0.25) is 0 Å². The number of amides is 3. The Bertz CT molecular complexity index is 742. The van der Waals surface area contributed by atoms with Gasteiger partial charge in [-0.25, -0.2) is 4.79 Å². The maximum absolute atomic E-state index is 12.2. The summed E-state index contributed by atoms with van der Waals surface area (Å²) in [5.74, 6) is 0.700. The number of anilines is 1. The zero-order valence-corrected chi connectivity index (χ0v) is 16.0. The van der Waals surface area contributed by atoms with Crippen LogP contribution in [0.25, 0.3) is 0 Å². The highest BCUT2D eigenvalue weighted by Crippen LogP contribution is 2.20. The molecular formula is C21H27N3O3. The van der Waals surface area contributed by atoms with Crippen molar-refractivity contribution >= 4 is 17.6 Å². The molecule has 27 heavy (non-hydrogen) atoms. The topological polar surface area (TPSA) is 79.5 Å². The standard InChI is InChI=1S/C21H27N3O3/c1-4-20(17-7-11-19(27-3)12-8-17)24-21(26)22-14-13-16-5-9-18(10-6-16)23-15(2)25/h5-12,20H,4,13-14H2,1-3H3,(H,23,25)(H2,22,24,26). The fourth-order valence-corrected chi connectivity index (χ4v) is 2.74. The zero-order chi connectivity index (χ0) is 19.6. The molecule has 2 aromatic rings. The molecule has 0 aliphatic heterocycles. The third-order valence-corrected chi connectivity index (χ3v) is 4.21. The van der Waals surface area contributed by atoms with E-state index >= 15 is 0 Å². The fraction of sp³-hybridized carbons (Fsp3) is 0.333. The number of carbonyl (C=O) groups excluding carboxylic acids is 2. The molecule has 1 unspecified atom stereocenters. The Morgan fingerprint density at radius 2 is 1.70 bits per heavy atom. The van der Waals surface area contributed by atoms with E-state index in [9.17, 15) is 9.59 Å². The van der Waals surface area contributed by atoms with Crippen LogP contribution in [-0.4, -0.2) is 25.6 Å². The van der Waals surface area contributed by atoms with Crippen LogP contribution >= 0.6 is 0 Å². The molecule has 1 atom stereocenters. The van der Waals surface area contributed by atoms with Gasteiger partial charge in [-0.3, -0.25) is 4.79 Å². The normalized spacial score (nSPS) is 11.4. The Balaban J connectivity index is 1.79. The molecule has 3 N–H and O–H groups in total. The lowest BCUT2D eigenvalue weighted by Gasteiger charge is -2.18. The van der Waals surface area contributed by atoms with E-state index in [0.717, 1.165) is 29.0 Å². The lowest BCUT2D eigenvalue weighted by Crippen LogP contribution is -2.38. The second-order valence-corrected chi connectivity index (χ2v) is 6.26. The highest BCUT2D eigenvalue weighted by Gasteiger charge is 2.12. The fourth-order valence-electron chi connectivity index (χ4n) is 2.74. The largest absolute Gasteiger partial charge is 0.497 e.